The average molecular weight is 708 g/mol. The zero-order valence-electron chi connectivity index (χ0n) is 28.9. The molecule has 0 radical (unpaired) electrons. The van der Waals surface area contributed by atoms with E-state index >= 15 is 0 Å². The number of rotatable bonds is 5. The van der Waals surface area contributed by atoms with Crippen LogP contribution in [-0.2, 0) is 0 Å². The first-order valence-electron chi connectivity index (χ1n) is 18.0. The van der Waals surface area contributed by atoms with Crippen molar-refractivity contribution in [3.63, 3.8) is 0 Å². The second-order valence-electron chi connectivity index (χ2n) is 13.6. The van der Waals surface area contributed by atoms with Crippen LogP contribution in [0.15, 0.2) is 180 Å². The third-order valence-corrected chi connectivity index (χ3v) is 11.5. The molecule has 0 aliphatic carbocycles. The van der Waals surface area contributed by atoms with Crippen molar-refractivity contribution in [2.45, 2.75) is 0 Å². The van der Waals surface area contributed by atoms with Crippen LogP contribution in [0.5, 0.6) is 0 Å². The molecule has 5 heteroatoms. The molecule has 0 bridgehead atoms. The van der Waals surface area contributed by atoms with Crippen molar-refractivity contribution in [3.05, 3.63) is 176 Å². The first-order valence-corrected chi connectivity index (χ1v) is 18.8. The summed E-state index contributed by atoms with van der Waals surface area (Å²) < 4.78 is 9.33. The smallest absolute Gasteiger partial charge is 0.160 e. The predicted octanol–water partition coefficient (Wildman–Crippen LogP) is 13.6. The molecule has 0 unspecified atom stereocenters. The number of aromatic nitrogens is 3. The Balaban J connectivity index is 1.10. The van der Waals surface area contributed by atoms with Gasteiger partial charge in [0.25, 0.3) is 0 Å². The Morgan fingerprint density at radius 1 is 0.426 bits per heavy atom. The first-order chi connectivity index (χ1) is 26.7. The quantitative estimate of drug-likeness (QED) is 0.179. The van der Waals surface area contributed by atoms with Crippen LogP contribution >= 0.6 is 11.3 Å². The zero-order valence-corrected chi connectivity index (χ0v) is 29.7. The Morgan fingerprint density at radius 3 is 2.06 bits per heavy atom. The van der Waals surface area contributed by atoms with Gasteiger partial charge in [-0.3, -0.25) is 4.98 Å². The lowest BCUT2D eigenvalue weighted by atomic mass is 9.95. The number of thiophene rings is 1. The minimum atomic E-state index is 0.664. The molecule has 0 N–H and O–H groups in total. The van der Waals surface area contributed by atoms with Crippen molar-refractivity contribution in [2.75, 3.05) is 0 Å². The second-order valence-corrected chi connectivity index (χ2v) is 14.6. The Hall–Kier alpha value is -6.95. The molecule has 0 fully saturated rings. The maximum absolute atomic E-state index is 6.75. The lowest BCUT2D eigenvalue weighted by molar-refractivity contribution is 0.670. The van der Waals surface area contributed by atoms with Gasteiger partial charge in [-0.05, 0) is 65.2 Å². The van der Waals surface area contributed by atoms with Gasteiger partial charge in [0.1, 0.15) is 11.2 Å². The summed E-state index contributed by atoms with van der Waals surface area (Å²) >= 11 is 1.83. The number of furan rings is 1. The summed E-state index contributed by atoms with van der Waals surface area (Å²) in [6, 6.07) is 59.4. The standard InChI is InChI=1S/C49H29N3OS/c1-2-10-31(11-3-1)42-29-43(52-49(51-42)32-21-19-30(20-22-32)34-14-8-16-41-36(34)15-9-27-50-41)38-25-24-35(48-47(38)39-13-4-6-17-44(39)53-48)33-23-26-46-40(28-33)37-12-5-7-18-45(37)54-46/h1-29H. The van der Waals surface area contributed by atoms with Crippen LogP contribution < -0.4 is 0 Å². The molecule has 11 aromatic rings. The Bertz CT molecular complexity index is 3210. The number of nitrogens with zero attached hydrogens (tertiary/aromatic N) is 3. The van der Waals surface area contributed by atoms with Crippen LogP contribution in [0, 0.1) is 0 Å². The summed E-state index contributed by atoms with van der Waals surface area (Å²) in [5.41, 5.74) is 11.8. The predicted molar refractivity (Wildman–Crippen MR) is 225 cm³/mol. The number of pyridine rings is 1. The van der Waals surface area contributed by atoms with E-state index in [-0.39, 0.29) is 0 Å². The molecule has 0 aliphatic heterocycles. The fourth-order valence-electron chi connectivity index (χ4n) is 7.79. The molecular weight excluding hydrogens is 679 g/mol. The van der Waals surface area contributed by atoms with E-state index in [1.54, 1.807) is 0 Å². The van der Waals surface area contributed by atoms with E-state index in [0.717, 1.165) is 83.2 Å². The number of benzene rings is 7. The summed E-state index contributed by atoms with van der Waals surface area (Å²) in [6.45, 7) is 0. The lowest BCUT2D eigenvalue weighted by Gasteiger charge is -2.12. The Kier molecular flexibility index (Phi) is 7.00. The van der Waals surface area contributed by atoms with Gasteiger partial charge in [-0.2, -0.15) is 0 Å². The van der Waals surface area contributed by atoms with Crippen LogP contribution in [0.1, 0.15) is 0 Å². The van der Waals surface area contributed by atoms with Gasteiger partial charge in [0.15, 0.2) is 5.82 Å². The number of hydrogen-bond acceptors (Lipinski definition) is 5. The normalized spacial score (nSPS) is 11.7. The lowest BCUT2D eigenvalue weighted by Crippen LogP contribution is -1.96. The largest absolute Gasteiger partial charge is 0.455 e. The van der Waals surface area contributed by atoms with Crippen LogP contribution in [-0.4, -0.2) is 15.0 Å². The summed E-state index contributed by atoms with van der Waals surface area (Å²) in [5, 5.41) is 5.77. The Labute approximate surface area is 314 Å². The van der Waals surface area contributed by atoms with Crippen molar-refractivity contribution in [1.82, 2.24) is 15.0 Å². The fourth-order valence-corrected chi connectivity index (χ4v) is 8.87. The molecule has 252 valence electrons. The molecule has 54 heavy (non-hydrogen) atoms. The molecule has 0 aliphatic rings. The molecule has 4 aromatic heterocycles. The summed E-state index contributed by atoms with van der Waals surface area (Å²) in [6.07, 6.45) is 1.84. The van der Waals surface area contributed by atoms with Crippen molar-refractivity contribution >= 4 is 64.4 Å². The van der Waals surface area contributed by atoms with Crippen LogP contribution in [0.4, 0.5) is 0 Å². The molecule has 11 rings (SSSR count). The molecule has 4 heterocycles. The maximum atomic E-state index is 6.75. The van der Waals surface area contributed by atoms with Gasteiger partial charge in [0.2, 0.25) is 0 Å². The monoisotopic (exact) mass is 707 g/mol. The molecule has 0 amide bonds. The second kappa shape index (κ2) is 12.3. The highest BCUT2D eigenvalue weighted by atomic mass is 32.1. The molecule has 7 aromatic carbocycles. The van der Waals surface area contributed by atoms with E-state index in [1.165, 1.54) is 20.2 Å². The van der Waals surface area contributed by atoms with Crippen LogP contribution in [0.2, 0.25) is 0 Å². The highest BCUT2D eigenvalue weighted by molar-refractivity contribution is 7.25. The van der Waals surface area contributed by atoms with Gasteiger partial charge < -0.3 is 4.42 Å². The van der Waals surface area contributed by atoms with Crippen LogP contribution in [0.3, 0.4) is 0 Å². The third kappa shape index (κ3) is 5.01. The topological polar surface area (TPSA) is 51.8 Å². The van der Waals surface area contributed by atoms with Gasteiger partial charge in [-0.1, -0.05) is 121 Å². The van der Waals surface area contributed by atoms with Gasteiger partial charge in [0, 0.05) is 64.8 Å². The van der Waals surface area contributed by atoms with Crippen molar-refractivity contribution in [1.29, 1.82) is 0 Å². The highest BCUT2D eigenvalue weighted by Crippen LogP contribution is 2.44. The first kappa shape index (κ1) is 30.7. The number of hydrogen-bond donors (Lipinski definition) is 0. The van der Waals surface area contributed by atoms with Crippen molar-refractivity contribution in [2.24, 2.45) is 0 Å². The molecule has 0 saturated heterocycles. The SMILES string of the molecule is c1ccc(-c2cc(-c3ccc(-c4ccc5sc6ccccc6c5c4)c4oc5ccccc5c34)nc(-c3ccc(-c4cccc5ncccc45)cc3)n2)cc1. The van der Waals surface area contributed by atoms with E-state index in [2.05, 4.69) is 145 Å². The molecule has 4 nitrogen and oxygen atoms in total. The van der Waals surface area contributed by atoms with E-state index in [1.807, 2.05) is 47.9 Å². The van der Waals surface area contributed by atoms with Gasteiger partial charge in [-0.15, -0.1) is 11.3 Å². The van der Waals surface area contributed by atoms with Gasteiger partial charge in [-0.25, -0.2) is 9.97 Å². The zero-order chi connectivity index (χ0) is 35.6. The summed E-state index contributed by atoms with van der Waals surface area (Å²) in [5.74, 6) is 0.664. The third-order valence-electron chi connectivity index (χ3n) is 10.4. The maximum Gasteiger partial charge on any atom is 0.160 e. The van der Waals surface area contributed by atoms with Crippen LogP contribution in [0.25, 0.3) is 109 Å². The minimum absolute atomic E-state index is 0.664. The number of para-hydroxylation sites is 1. The molecule has 0 atom stereocenters. The van der Waals surface area contributed by atoms with E-state index < -0.39 is 0 Å². The highest BCUT2D eigenvalue weighted by Gasteiger charge is 2.20. The van der Waals surface area contributed by atoms with E-state index in [4.69, 9.17) is 14.4 Å². The minimum Gasteiger partial charge on any atom is -0.455 e. The molecule has 0 saturated carbocycles. The molecular formula is C49H29N3OS. The van der Waals surface area contributed by atoms with E-state index in [0.29, 0.717) is 5.82 Å². The molecule has 0 spiro atoms. The summed E-state index contributed by atoms with van der Waals surface area (Å²) in [7, 11) is 0. The van der Waals surface area contributed by atoms with Crippen molar-refractivity contribution < 1.29 is 4.42 Å². The van der Waals surface area contributed by atoms with E-state index in [9.17, 15) is 0 Å². The Morgan fingerprint density at radius 2 is 1.15 bits per heavy atom. The van der Waals surface area contributed by atoms with Crippen molar-refractivity contribution in [3.8, 4) is 56.2 Å². The average Bonchev–Trinajstić information content (AvgIpc) is 3.82. The summed E-state index contributed by atoms with van der Waals surface area (Å²) in [4.78, 5) is 15.0. The van der Waals surface area contributed by atoms with Gasteiger partial charge in [0.05, 0.1) is 16.9 Å². The van der Waals surface area contributed by atoms with Gasteiger partial charge >= 0.3 is 0 Å². The fraction of sp³-hybridized carbons (Fsp3) is 0. The number of fused-ring (bicyclic) bond motifs is 7.